The summed E-state index contributed by atoms with van der Waals surface area (Å²) in [5, 5.41) is 4.08. The van der Waals surface area contributed by atoms with E-state index in [1.807, 2.05) is 29.8 Å². The van der Waals surface area contributed by atoms with Gasteiger partial charge in [0.25, 0.3) is 0 Å². The van der Waals surface area contributed by atoms with E-state index in [1.54, 1.807) is 28.7 Å². The fraction of sp³-hybridized carbons (Fsp3) is 0.167. The van der Waals surface area contributed by atoms with E-state index >= 15 is 0 Å². The number of nitrogens with zero attached hydrogens (tertiary/aromatic N) is 1. The van der Waals surface area contributed by atoms with Crippen LogP contribution in [-0.4, -0.2) is 17.1 Å². The molecule has 0 aliphatic heterocycles. The fourth-order valence-electron chi connectivity index (χ4n) is 2.48. The van der Waals surface area contributed by atoms with E-state index in [0.29, 0.717) is 0 Å². The summed E-state index contributed by atoms with van der Waals surface area (Å²) < 4.78 is 7.31. The van der Waals surface area contributed by atoms with Crippen LogP contribution in [0.25, 0.3) is 21.1 Å². The summed E-state index contributed by atoms with van der Waals surface area (Å²) in [6.07, 6.45) is 1.58. The largest absolute Gasteiger partial charge is 0.460 e. The Morgan fingerprint density at radius 1 is 1.17 bits per heavy atom. The Balaban J connectivity index is 2.06. The van der Waals surface area contributed by atoms with Crippen LogP contribution in [0.4, 0.5) is 0 Å². The highest BCUT2D eigenvalue weighted by atomic mass is 32.1. The van der Waals surface area contributed by atoms with Gasteiger partial charge in [-0.25, -0.2) is 4.79 Å². The van der Waals surface area contributed by atoms with Crippen LogP contribution in [0.15, 0.2) is 59.8 Å². The second kappa shape index (κ2) is 6.98. The second-order valence-electron chi connectivity index (χ2n) is 5.02. The molecule has 0 aromatic carbocycles. The first kappa shape index (κ1) is 15.8. The van der Waals surface area contributed by atoms with Crippen LogP contribution in [-0.2, 0) is 9.53 Å². The number of ether oxygens (including phenoxy) is 1. The standard InChI is InChI=1S/C18H17NO2S2/c1-3-10-21-18(20)13(2)19-14(16-6-4-11-22-16)8-9-15(19)17-7-5-12-23-17/h3-9,11-13H,1,10H2,2H3/t13-/m1/s1. The average Bonchev–Trinajstić information content (AvgIpc) is 3.31. The molecule has 0 amide bonds. The Hall–Kier alpha value is -2.11. The van der Waals surface area contributed by atoms with Crippen molar-refractivity contribution in [1.29, 1.82) is 0 Å². The predicted molar refractivity (Wildman–Crippen MR) is 96.9 cm³/mol. The van der Waals surface area contributed by atoms with Gasteiger partial charge in [-0.3, -0.25) is 0 Å². The van der Waals surface area contributed by atoms with Crippen molar-refractivity contribution >= 4 is 28.6 Å². The Labute approximate surface area is 143 Å². The molecule has 118 valence electrons. The zero-order valence-electron chi connectivity index (χ0n) is 12.8. The summed E-state index contributed by atoms with van der Waals surface area (Å²) >= 11 is 3.32. The monoisotopic (exact) mass is 343 g/mol. The number of hydrogen-bond donors (Lipinski definition) is 0. The zero-order valence-corrected chi connectivity index (χ0v) is 14.4. The van der Waals surface area contributed by atoms with Crippen molar-refractivity contribution in [2.75, 3.05) is 6.61 Å². The fourth-order valence-corrected chi connectivity index (χ4v) is 3.98. The first-order valence-corrected chi connectivity index (χ1v) is 9.05. The molecule has 0 aliphatic rings. The van der Waals surface area contributed by atoms with E-state index in [0.717, 1.165) is 21.1 Å². The summed E-state index contributed by atoms with van der Waals surface area (Å²) in [4.78, 5) is 14.6. The molecule has 0 saturated heterocycles. The molecule has 0 radical (unpaired) electrons. The molecular formula is C18H17NO2S2. The van der Waals surface area contributed by atoms with Crippen molar-refractivity contribution in [2.45, 2.75) is 13.0 Å². The highest BCUT2D eigenvalue weighted by Crippen LogP contribution is 2.36. The molecule has 0 aliphatic carbocycles. The summed E-state index contributed by atoms with van der Waals surface area (Å²) in [6.45, 7) is 5.69. The van der Waals surface area contributed by atoms with Gasteiger partial charge in [0.05, 0.1) is 21.1 Å². The highest BCUT2D eigenvalue weighted by molar-refractivity contribution is 7.14. The lowest BCUT2D eigenvalue weighted by Crippen LogP contribution is -2.20. The molecule has 3 aromatic heterocycles. The molecule has 3 heterocycles. The van der Waals surface area contributed by atoms with E-state index in [1.165, 1.54) is 0 Å². The number of esters is 1. The zero-order chi connectivity index (χ0) is 16.2. The maximum absolute atomic E-state index is 12.4. The summed E-state index contributed by atoms with van der Waals surface area (Å²) in [5.74, 6) is -0.253. The number of carbonyl (C=O) groups is 1. The molecule has 23 heavy (non-hydrogen) atoms. The Morgan fingerprint density at radius 2 is 1.74 bits per heavy atom. The number of hydrogen-bond acceptors (Lipinski definition) is 4. The van der Waals surface area contributed by atoms with Gasteiger partial charge in [0.2, 0.25) is 0 Å². The van der Waals surface area contributed by atoms with Gasteiger partial charge in [-0.05, 0) is 41.9 Å². The maximum Gasteiger partial charge on any atom is 0.329 e. The second-order valence-corrected chi connectivity index (χ2v) is 6.92. The van der Waals surface area contributed by atoms with E-state index in [2.05, 4.69) is 35.4 Å². The third-order valence-electron chi connectivity index (χ3n) is 3.54. The van der Waals surface area contributed by atoms with E-state index in [9.17, 15) is 4.79 Å². The molecule has 3 aromatic rings. The van der Waals surface area contributed by atoms with Gasteiger partial charge >= 0.3 is 5.97 Å². The van der Waals surface area contributed by atoms with Gasteiger partial charge in [-0.1, -0.05) is 24.8 Å². The van der Waals surface area contributed by atoms with Crippen molar-refractivity contribution in [2.24, 2.45) is 0 Å². The van der Waals surface area contributed by atoms with E-state index < -0.39 is 6.04 Å². The Kier molecular flexibility index (Phi) is 4.79. The van der Waals surface area contributed by atoms with Crippen LogP contribution in [0.2, 0.25) is 0 Å². The molecule has 0 N–H and O–H groups in total. The minimum absolute atomic E-state index is 0.229. The van der Waals surface area contributed by atoms with Crippen molar-refractivity contribution < 1.29 is 9.53 Å². The lowest BCUT2D eigenvalue weighted by Gasteiger charge is -2.18. The van der Waals surface area contributed by atoms with Gasteiger partial charge < -0.3 is 9.30 Å². The number of rotatable bonds is 6. The Morgan fingerprint density at radius 3 is 2.17 bits per heavy atom. The van der Waals surface area contributed by atoms with Gasteiger partial charge in [0.15, 0.2) is 0 Å². The van der Waals surface area contributed by atoms with Gasteiger partial charge in [0, 0.05) is 0 Å². The molecule has 0 bridgehead atoms. The molecule has 0 fully saturated rings. The minimum atomic E-state index is -0.404. The van der Waals surface area contributed by atoms with Crippen molar-refractivity contribution in [3.63, 3.8) is 0 Å². The van der Waals surface area contributed by atoms with Crippen molar-refractivity contribution in [3.8, 4) is 21.1 Å². The molecule has 3 nitrogen and oxygen atoms in total. The number of carbonyl (C=O) groups excluding carboxylic acids is 1. The highest BCUT2D eigenvalue weighted by Gasteiger charge is 2.23. The molecular weight excluding hydrogens is 326 g/mol. The first-order valence-electron chi connectivity index (χ1n) is 7.29. The smallest absolute Gasteiger partial charge is 0.329 e. The topological polar surface area (TPSA) is 31.2 Å². The Bertz CT molecular complexity index is 733. The number of thiophene rings is 2. The van der Waals surface area contributed by atoms with Crippen LogP contribution >= 0.6 is 22.7 Å². The quantitative estimate of drug-likeness (QED) is 0.453. The lowest BCUT2D eigenvalue weighted by molar-refractivity contribution is -0.145. The van der Waals surface area contributed by atoms with Crippen LogP contribution in [0, 0.1) is 0 Å². The number of aromatic nitrogens is 1. The summed E-state index contributed by atoms with van der Waals surface area (Å²) in [6, 6.07) is 11.9. The first-order chi connectivity index (χ1) is 11.2. The van der Waals surface area contributed by atoms with Gasteiger partial charge in [-0.2, -0.15) is 0 Å². The van der Waals surface area contributed by atoms with Gasteiger partial charge in [0.1, 0.15) is 12.6 Å². The third kappa shape index (κ3) is 3.16. The summed E-state index contributed by atoms with van der Waals surface area (Å²) in [7, 11) is 0. The molecule has 0 unspecified atom stereocenters. The molecule has 0 spiro atoms. The van der Waals surface area contributed by atoms with E-state index in [4.69, 9.17) is 4.74 Å². The molecule has 5 heteroatoms. The minimum Gasteiger partial charge on any atom is -0.460 e. The summed E-state index contributed by atoms with van der Waals surface area (Å²) in [5.41, 5.74) is 2.07. The van der Waals surface area contributed by atoms with Crippen molar-refractivity contribution in [3.05, 3.63) is 59.8 Å². The van der Waals surface area contributed by atoms with Crippen LogP contribution in [0.3, 0.4) is 0 Å². The predicted octanol–water partition coefficient (Wildman–Crippen LogP) is 5.24. The van der Waals surface area contributed by atoms with Gasteiger partial charge in [-0.15, -0.1) is 22.7 Å². The third-order valence-corrected chi connectivity index (χ3v) is 5.32. The van der Waals surface area contributed by atoms with Crippen LogP contribution < -0.4 is 0 Å². The lowest BCUT2D eigenvalue weighted by atomic mass is 10.2. The van der Waals surface area contributed by atoms with Crippen LogP contribution in [0.1, 0.15) is 13.0 Å². The molecule has 3 rings (SSSR count). The normalized spacial score (nSPS) is 12.0. The van der Waals surface area contributed by atoms with E-state index in [-0.39, 0.29) is 12.6 Å². The van der Waals surface area contributed by atoms with Crippen LogP contribution in [0.5, 0.6) is 0 Å². The maximum atomic E-state index is 12.4. The SMILES string of the molecule is C=CCOC(=O)[C@@H](C)n1c(-c2cccs2)ccc1-c1cccs1. The average molecular weight is 343 g/mol. The van der Waals surface area contributed by atoms with Crippen molar-refractivity contribution in [1.82, 2.24) is 4.57 Å². The molecule has 0 saturated carbocycles. The molecule has 1 atom stereocenters.